The second kappa shape index (κ2) is 3.68. The molecule has 0 bridgehead atoms. The van der Waals surface area contributed by atoms with Gasteiger partial charge >= 0.3 is 0 Å². The van der Waals surface area contributed by atoms with Crippen LogP contribution in [-0.2, 0) is 10.0 Å². The molecule has 1 aliphatic rings. The first kappa shape index (κ1) is 9.88. The van der Waals surface area contributed by atoms with Gasteiger partial charge < -0.3 is 5.32 Å². The Bertz CT molecular complexity index is 267. The van der Waals surface area contributed by atoms with Gasteiger partial charge in [0, 0.05) is 0 Å². The highest BCUT2D eigenvalue weighted by atomic mass is 32.2. The van der Waals surface area contributed by atoms with Crippen molar-refractivity contribution in [3.05, 3.63) is 0 Å². The topological polar surface area (TPSA) is 58.2 Å². The summed E-state index contributed by atoms with van der Waals surface area (Å²) in [6, 6.07) is 0.0368. The molecule has 0 aromatic rings. The maximum Gasteiger partial charge on any atom is 0.230 e. The maximum atomic E-state index is 10.8. The molecule has 1 fully saturated rings. The largest absolute Gasteiger partial charge is 0.308 e. The molecule has 0 aromatic heterocycles. The van der Waals surface area contributed by atoms with Crippen LogP contribution in [0.1, 0.15) is 12.8 Å². The van der Waals surface area contributed by atoms with E-state index in [1.165, 1.54) is 0 Å². The third-order valence-electron chi connectivity index (χ3n) is 1.66. The Morgan fingerprint density at radius 3 is 2.75 bits per heavy atom. The van der Waals surface area contributed by atoms with E-state index in [1.54, 1.807) is 0 Å². The highest BCUT2D eigenvalue weighted by molar-refractivity contribution is 7.91. The fraction of sp³-hybridized carbons (Fsp3) is 0.833. The van der Waals surface area contributed by atoms with E-state index in [0.29, 0.717) is 4.99 Å². The lowest BCUT2D eigenvalue weighted by atomic mass is 10.2. The first-order valence-electron chi connectivity index (χ1n) is 3.74. The van der Waals surface area contributed by atoms with Gasteiger partial charge in [0.25, 0.3) is 0 Å². The third-order valence-corrected chi connectivity index (χ3v) is 2.77. The van der Waals surface area contributed by atoms with Gasteiger partial charge in [-0.1, -0.05) is 12.2 Å². The van der Waals surface area contributed by atoms with E-state index >= 15 is 0 Å². The zero-order valence-corrected chi connectivity index (χ0v) is 8.46. The molecule has 6 heteroatoms. The summed E-state index contributed by atoms with van der Waals surface area (Å²) in [5.74, 6) is 0. The molecule has 1 saturated heterocycles. The van der Waals surface area contributed by atoms with E-state index in [2.05, 4.69) is 10.0 Å². The molecule has 4 nitrogen and oxygen atoms in total. The van der Waals surface area contributed by atoms with Crippen molar-refractivity contribution in [2.75, 3.05) is 12.8 Å². The minimum Gasteiger partial charge on any atom is -0.308 e. The van der Waals surface area contributed by atoms with Crippen LogP contribution in [0, 0.1) is 0 Å². The van der Waals surface area contributed by atoms with Gasteiger partial charge in [0.1, 0.15) is 4.99 Å². The molecule has 0 aromatic carbocycles. The van der Waals surface area contributed by atoms with E-state index in [-0.39, 0.29) is 6.04 Å². The molecule has 0 spiro atoms. The molecular weight excluding hydrogens is 196 g/mol. The summed E-state index contributed by atoms with van der Waals surface area (Å²) in [4.78, 5) is 0.384. The van der Waals surface area contributed by atoms with Gasteiger partial charge in [-0.05, 0) is 19.4 Å². The average Bonchev–Trinajstić information content (AvgIpc) is 2.32. The molecular formula is C6H12N2O2S2. The van der Waals surface area contributed by atoms with Gasteiger partial charge in [0.05, 0.1) is 12.3 Å². The fourth-order valence-electron chi connectivity index (χ4n) is 1.16. The summed E-state index contributed by atoms with van der Waals surface area (Å²) >= 11 is 4.91. The van der Waals surface area contributed by atoms with Crippen molar-refractivity contribution in [1.29, 1.82) is 0 Å². The quantitative estimate of drug-likeness (QED) is 0.607. The number of rotatable bonds is 2. The van der Waals surface area contributed by atoms with Crippen LogP contribution in [0.5, 0.6) is 0 Å². The number of sulfonamides is 1. The first-order chi connectivity index (χ1) is 5.49. The summed E-state index contributed by atoms with van der Waals surface area (Å²) in [5, 5.41) is 3.11. The summed E-state index contributed by atoms with van der Waals surface area (Å²) in [6.07, 6.45) is 3.08. The molecule has 1 aliphatic heterocycles. The highest BCUT2D eigenvalue weighted by Crippen LogP contribution is 2.05. The van der Waals surface area contributed by atoms with Crippen LogP contribution in [0.4, 0.5) is 0 Å². The zero-order chi connectivity index (χ0) is 9.19. The minimum atomic E-state index is -3.19. The Balaban J connectivity index is 2.48. The lowest BCUT2D eigenvalue weighted by Crippen LogP contribution is -2.41. The molecule has 1 rings (SSSR count). The molecule has 12 heavy (non-hydrogen) atoms. The van der Waals surface area contributed by atoms with Crippen molar-refractivity contribution in [1.82, 2.24) is 10.0 Å². The number of hydrogen-bond donors (Lipinski definition) is 2. The standard InChI is InChI=1S/C6H12N2O2S2/c1-12(9,10)8-6(11)5-3-2-4-7-5/h5,7H,2-4H2,1H3,(H,8,11). The van der Waals surface area contributed by atoms with E-state index in [0.717, 1.165) is 25.6 Å². The molecule has 0 radical (unpaired) electrons. The van der Waals surface area contributed by atoms with Gasteiger partial charge in [-0.15, -0.1) is 0 Å². The number of hydrogen-bond acceptors (Lipinski definition) is 4. The zero-order valence-electron chi connectivity index (χ0n) is 6.83. The molecule has 1 unspecified atom stereocenters. The Labute approximate surface area is 77.8 Å². The van der Waals surface area contributed by atoms with Crippen LogP contribution in [0.15, 0.2) is 0 Å². The van der Waals surface area contributed by atoms with Crippen molar-refractivity contribution < 1.29 is 8.42 Å². The number of nitrogens with one attached hydrogen (secondary N) is 2. The smallest absolute Gasteiger partial charge is 0.230 e. The minimum absolute atomic E-state index is 0.0368. The van der Waals surface area contributed by atoms with Gasteiger partial charge in [-0.3, -0.25) is 4.72 Å². The van der Waals surface area contributed by atoms with Gasteiger partial charge in [0.2, 0.25) is 10.0 Å². The van der Waals surface area contributed by atoms with Crippen LogP contribution in [0.3, 0.4) is 0 Å². The second-order valence-corrected chi connectivity index (χ2v) is 5.08. The molecule has 1 atom stereocenters. The Morgan fingerprint density at radius 1 is 1.67 bits per heavy atom. The van der Waals surface area contributed by atoms with Crippen molar-refractivity contribution in [2.24, 2.45) is 0 Å². The van der Waals surface area contributed by atoms with Gasteiger partial charge in [-0.25, -0.2) is 8.42 Å². The van der Waals surface area contributed by atoms with Gasteiger partial charge in [0.15, 0.2) is 0 Å². The lowest BCUT2D eigenvalue weighted by Gasteiger charge is -2.12. The molecule has 70 valence electrons. The predicted octanol–water partition coefficient (Wildman–Crippen LogP) is -0.385. The summed E-state index contributed by atoms with van der Waals surface area (Å²) in [6.45, 7) is 0.913. The second-order valence-electron chi connectivity index (χ2n) is 2.89. The van der Waals surface area contributed by atoms with Crippen molar-refractivity contribution >= 4 is 27.2 Å². The molecule has 1 heterocycles. The average molecular weight is 208 g/mol. The van der Waals surface area contributed by atoms with E-state index in [1.807, 2.05) is 0 Å². The van der Waals surface area contributed by atoms with Crippen molar-refractivity contribution in [2.45, 2.75) is 18.9 Å². The van der Waals surface area contributed by atoms with Crippen molar-refractivity contribution in [3.63, 3.8) is 0 Å². The Hall–Kier alpha value is -0.200. The van der Waals surface area contributed by atoms with Crippen LogP contribution in [0.2, 0.25) is 0 Å². The normalized spacial score (nSPS) is 23.9. The summed E-state index contributed by atoms with van der Waals surface area (Å²) in [7, 11) is -3.19. The molecule has 2 N–H and O–H groups in total. The monoisotopic (exact) mass is 208 g/mol. The van der Waals surface area contributed by atoms with Crippen LogP contribution >= 0.6 is 12.2 Å². The summed E-state index contributed by atoms with van der Waals surface area (Å²) in [5.41, 5.74) is 0. The SMILES string of the molecule is CS(=O)(=O)NC(=S)C1CCCN1. The predicted molar refractivity (Wildman–Crippen MR) is 51.6 cm³/mol. The molecule has 0 aliphatic carbocycles. The van der Waals surface area contributed by atoms with E-state index in [4.69, 9.17) is 12.2 Å². The third kappa shape index (κ3) is 3.04. The Morgan fingerprint density at radius 2 is 2.33 bits per heavy atom. The van der Waals surface area contributed by atoms with Crippen LogP contribution in [-0.4, -0.2) is 32.2 Å². The van der Waals surface area contributed by atoms with Crippen molar-refractivity contribution in [3.8, 4) is 0 Å². The Kier molecular flexibility index (Phi) is 3.03. The maximum absolute atomic E-state index is 10.8. The molecule has 0 amide bonds. The first-order valence-corrected chi connectivity index (χ1v) is 6.04. The summed E-state index contributed by atoms with van der Waals surface area (Å²) < 4.78 is 23.8. The van der Waals surface area contributed by atoms with Gasteiger partial charge in [-0.2, -0.15) is 0 Å². The number of thiocarbonyl (C=S) groups is 1. The van der Waals surface area contributed by atoms with E-state index in [9.17, 15) is 8.42 Å². The highest BCUT2D eigenvalue weighted by Gasteiger charge is 2.20. The van der Waals surface area contributed by atoms with E-state index < -0.39 is 10.0 Å². The van der Waals surface area contributed by atoms with Crippen LogP contribution in [0.25, 0.3) is 0 Å². The lowest BCUT2D eigenvalue weighted by molar-refractivity contribution is 0.597. The molecule has 0 saturated carbocycles. The van der Waals surface area contributed by atoms with Crippen LogP contribution < -0.4 is 10.0 Å². The fourth-order valence-corrected chi connectivity index (χ4v) is 2.33.